The van der Waals surface area contributed by atoms with Crippen LogP contribution in [0, 0.1) is 0 Å². The molecule has 1 aromatic heterocycles. The van der Waals surface area contributed by atoms with Crippen molar-refractivity contribution in [1.82, 2.24) is 10.2 Å². The van der Waals surface area contributed by atoms with Gasteiger partial charge in [-0.05, 0) is 36.6 Å². The Morgan fingerprint density at radius 3 is 2.22 bits per heavy atom. The summed E-state index contributed by atoms with van der Waals surface area (Å²) in [7, 11) is 1.73. The Morgan fingerprint density at radius 2 is 1.74 bits per heavy atom. The molecule has 0 spiro atoms. The molecule has 0 unspecified atom stereocenters. The Hall–Kier alpha value is -2.31. The number of benzene rings is 1. The van der Waals surface area contributed by atoms with Crippen LogP contribution in [-0.4, -0.2) is 22.4 Å². The summed E-state index contributed by atoms with van der Waals surface area (Å²) < 4.78 is 38.2. The van der Waals surface area contributed by atoms with Crippen molar-refractivity contribution in [1.29, 1.82) is 0 Å². The highest BCUT2D eigenvalue weighted by molar-refractivity contribution is 5.72. The predicted molar refractivity (Wildman–Crippen MR) is 82.4 cm³/mol. The highest BCUT2D eigenvalue weighted by Gasteiger charge is 2.31. The summed E-state index contributed by atoms with van der Waals surface area (Å²) >= 11 is 0. The molecule has 0 saturated carbocycles. The van der Waals surface area contributed by atoms with E-state index in [0.29, 0.717) is 30.4 Å². The maximum atomic E-state index is 12.7. The van der Waals surface area contributed by atoms with Gasteiger partial charge in [0.2, 0.25) is 0 Å². The summed E-state index contributed by atoms with van der Waals surface area (Å²) in [6.07, 6.45) is -3.17. The standard InChI is InChI=1S/C16H18F3N3O/c1-4-10-11(5-2)15(20-3)22-21-14(10)12-7-6-9(8-13(12)23)16(17,18)19/h6-8,23H,4-5H2,1-3H3,(H,20,22). The number of phenols is 1. The average Bonchev–Trinajstić information content (AvgIpc) is 2.52. The molecule has 23 heavy (non-hydrogen) atoms. The van der Waals surface area contributed by atoms with Crippen LogP contribution < -0.4 is 5.32 Å². The molecule has 0 saturated heterocycles. The zero-order valence-electron chi connectivity index (χ0n) is 13.1. The molecule has 0 bridgehead atoms. The maximum Gasteiger partial charge on any atom is 0.416 e. The fraction of sp³-hybridized carbons (Fsp3) is 0.375. The topological polar surface area (TPSA) is 58.0 Å². The quantitative estimate of drug-likeness (QED) is 0.891. The third-order valence-electron chi connectivity index (χ3n) is 3.71. The number of hydrogen-bond acceptors (Lipinski definition) is 4. The third-order valence-corrected chi connectivity index (χ3v) is 3.71. The van der Waals surface area contributed by atoms with E-state index in [2.05, 4.69) is 15.5 Å². The van der Waals surface area contributed by atoms with Gasteiger partial charge in [-0.1, -0.05) is 13.8 Å². The Balaban J connectivity index is 2.63. The number of anilines is 1. The van der Waals surface area contributed by atoms with E-state index in [1.165, 1.54) is 6.07 Å². The fourth-order valence-corrected chi connectivity index (χ4v) is 2.59. The summed E-state index contributed by atoms with van der Waals surface area (Å²) in [5.74, 6) is 0.183. The van der Waals surface area contributed by atoms with Crippen molar-refractivity contribution < 1.29 is 18.3 Å². The normalized spacial score (nSPS) is 11.6. The van der Waals surface area contributed by atoms with Crippen LogP contribution in [-0.2, 0) is 19.0 Å². The molecule has 0 amide bonds. The van der Waals surface area contributed by atoms with Crippen LogP contribution in [0.25, 0.3) is 11.3 Å². The number of nitrogens with one attached hydrogen (secondary N) is 1. The third kappa shape index (κ3) is 3.23. The lowest BCUT2D eigenvalue weighted by Gasteiger charge is -2.16. The number of halogens is 3. The first-order valence-corrected chi connectivity index (χ1v) is 7.30. The Morgan fingerprint density at radius 1 is 1.09 bits per heavy atom. The van der Waals surface area contributed by atoms with Crippen LogP contribution in [0.3, 0.4) is 0 Å². The number of alkyl halides is 3. The van der Waals surface area contributed by atoms with E-state index in [9.17, 15) is 18.3 Å². The molecule has 0 aliphatic rings. The minimum atomic E-state index is -4.50. The van der Waals surface area contributed by atoms with Crippen LogP contribution in [0.15, 0.2) is 18.2 Å². The molecule has 4 nitrogen and oxygen atoms in total. The summed E-state index contributed by atoms with van der Waals surface area (Å²) in [6.45, 7) is 3.90. The molecule has 2 rings (SSSR count). The van der Waals surface area contributed by atoms with E-state index < -0.39 is 17.5 Å². The monoisotopic (exact) mass is 325 g/mol. The van der Waals surface area contributed by atoms with Crippen LogP contribution in [0.5, 0.6) is 5.75 Å². The van der Waals surface area contributed by atoms with Crippen molar-refractivity contribution in [2.75, 3.05) is 12.4 Å². The van der Waals surface area contributed by atoms with Crippen molar-refractivity contribution in [2.24, 2.45) is 0 Å². The lowest BCUT2D eigenvalue weighted by molar-refractivity contribution is -0.137. The first kappa shape index (κ1) is 17.1. The highest BCUT2D eigenvalue weighted by Crippen LogP contribution is 2.38. The van der Waals surface area contributed by atoms with E-state index in [1.807, 2.05) is 13.8 Å². The van der Waals surface area contributed by atoms with Gasteiger partial charge < -0.3 is 10.4 Å². The van der Waals surface area contributed by atoms with E-state index in [1.54, 1.807) is 7.05 Å². The number of hydrogen-bond donors (Lipinski definition) is 2. The van der Waals surface area contributed by atoms with E-state index in [4.69, 9.17) is 0 Å². The Bertz CT molecular complexity index is 714. The molecule has 0 aliphatic heterocycles. The van der Waals surface area contributed by atoms with Crippen molar-refractivity contribution in [3.63, 3.8) is 0 Å². The predicted octanol–water partition coefficient (Wildman–Crippen LogP) is 4.03. The molecule has 0 aliphatic carbocycles. The highest BCUT2D eigenvalue weighted by atomic mass is 19.4. The summed E-state index contributed by atoms with van der Waals surface area (Å²) in [6, 6.07) is 2.89. The second-order valence-electron chi connectivity index (χ2n) is 5.04. The van der Waals surface area contributed by atoms with Gasteiger partial charge in [0, 0.05) is 18.2 Å². The van der Waals surface area contributed by atoms with Crippen LogP contribution in [0.1, 0.15) is 30.5 Å². The van der Waals surface area contributed by atoms with Gasteiger partial charge in [-0.15, -0.1) is 10.2 Å². The molecule has 2 N–H and O–H groups in total. The van der Waals surface area contributed by atoms with Crippen molar-refractivity contribution in [3.8, 4) is 17.0 Å². The van der Waals surface area contributed by atoms with Crippen LogP contribution in [0.2, 0.25) is 0 Å². The van der Waals surface area contributed by atoms with E-state index in [0.717, 1.165) is 17.2 Å². The number of aromatic nitrogens is 2. The van der Waals surface area contributed by atoms with Gasteiger partial charge in [0.15, 0.2) is 5.82 Å². The van der Waals surface area contributed by atoms with Gasteiger partial charge in [0.25, 0.3) is 0 Å². The summed E-state index contributed by atoms with van der Waals surface area (Å²) in [4.78, 5) is 0. The van der Waals surface area contributed by atoms with Gasteiger partial charge in [0.05, 0.1) is 5.56 Å². The Kier molecular flexibility index (Phi) is 4.77. The number of rotatable bonds is 4. The molecule has 2 aromatic rings. The maximum absolute atomic E-state index is 12.7. The molecule has 0 radical (unpaired) electrons. The lowest BCUT2D eigenvalue weighted by atomic mass is 9.97. The second-order valence-corrected chi connectivity index (χ2v) is 5.04. The smallest absolute Gasteiger partial charge is 0.416 e. The minimum Gasteiger partial charge on any atom is -0.507 e. The molecule has 124 valence electrons. The molecule has 7 heteroatoms. The molecule has 0 atom stereocenters. The SMILES string of the molecule is CCc1c(NC)nnc(-c2ccc(C(F)(F)F)cc2O)c1CC. The number of nitrogens with zero attached hydrogens (tertiary/aromatic N) is 2. The first-order valence-electron chi connectivity index (χ1n) is 7.30. The second kappa shape index (κ2) is 6.44. The molecular weight excluding hydrogens is 307 g/mol. The van der Waals surface area contributed by atoms with Crippen molar-refractivity contribution >= 4 is 5.82 Å². The van der Waals surface area contributed by atoms with Crippen molar-refractivity contribution in [2.45, 2.75) is 32.9 Å². The number of phenolic OH excluding ortho intramolecular Hbond substituents is 1. The van der Waals surface area contributed by atoms with Gasteiger partial charge in [-0.3, -0.25) is 0 Å². The molecule has 1 heterocycles. The molecule has 1 aromatic carbocycles. The van der Waals surface area contributed by atoms with Crippen molar-refractivity contribution in [3.05, 3.63) is 34.9 Å². The molecule has 0 fully saturated rings. The average molecular weight is 325 g/mol. The van der Waals surface area contributed by atoms with Gasteiger partial charge in [0.1, 0.15) is 11.4 Å². The summed E-state index contributed by atoms with van der Waals surface area (Å²) in [5, 5.41) is 21.2. The lowest BCUT2D eigenvalue weighted by Crippen LogP contribution is -2.08. The van der Waals surface area contributed by atoms with Crippen LogP contribution >= 0.6 is 0 Å². The van der Waals surface area contributed by atoms with Gasteiger partial charge in [-0.2, -0.15) is 13.2 Å². The van der Waals surface area contributed by atoms with Gasteiger partial charge in [-0.25, -0.2) is 0 Å². The largest absolute Gasteiger partial charge is 0.507 e. The zero-order valence-corrected chi connectivity index (χ0v) is 13.1. The summed E-state index contributed by atoms with van der Waals surface area (Å²) in [5.41, 5.74) is 1.57. The fourth-order valence-electron chi connectivity index (χ4n) is 2.59. The Labute approximate surface area is 132 Å². The van der Waals surface area contributed by atoms with E-state index >= 15 is 0 Å². The molecular formula is C16H18F3N3O. The van der Waals surface area contributed by atoms with Crippen LogP contribution in [0.4, 0.5) is 19.0 Å². The number of aromatic hydroxyl groups is 1. The van der Waals surface area contributed by atoms with E-state index in [-0.39, 0.29) is 5.56 Å². The zero-order chi connectivity index (χ0) is 17.2. The minimum absolute atomic E-state index is 0.250. The van der Waals surface area contributed by atoms with Gasteiger partial charge >= 0.3 is 6.18 Å². The first-order chi connectivity index (χ1) is 10.8.